The zero-order valence-electron chi connectivity index (χ0n) is 17.2. The third kappa shape index (κ3) is 5.68. The minimum absolute atomic E-state index is 0.0367. The Morgan fingerprint density at radius 2 is 1.61 bits per heavy atom. The van der Waals surface area contributed by atoms with Crippen LogP contribution < -0.4 is 14.8 Å². The van der Waals surface area contributed by atoms with Crippen molar-refractivity contribution >= 4 is 21.6 Å². The second-order valence-electron chi connectivity index (χ2n) is 6.82. The van der Waals surface area contributed by atoms with E-state index in [4.69, 9.17) is 4.74 Å². The molecular formula is C23H23FN2O4S. The van der Waals surface area contributed by atoms with Gasteiger partial charge < -0.3 is 10.1 Å². The predicted molar refractivity (Wildman–Crippen MR) is 117 cm³/mol. The summed E-state index contributed by atoms with van der Waals surface area (Å²) in [6.45, 7) is 2.05. The minimum Gasteiger partial charge on any atom is -0.497 e. The van der Waals surface area contributed by atoms with E-state index in [1.807, 2.05) is 19.1 Å². The quantitative estimate of drug-likeness (QED) is 0.549. The van der Waals surface area contributed by atoms with E-state index in [0.29, 0.717) is 11.4 Å². The number of nitrogens with one attached hydrogen (secondary N) is 2. The minimum atomic E-state index is -3.96. The summed E-state index contributed by atoms with van der Waals surface area (Å²) < 4.78 is 47.1. The van der Waals surface area contributed by atoms with E-state index in [9.17, 15) is 17.6 Å². The molecule has 0 spiro atoms. The van der Waals surface area contributed by atoms with Gasteiger partial charge in [0.2, 0.25) is 10.0 Å². The van der Waals surface area contributed by atoms with Gasteiger partial charge in [0.05, 0.1) is 17.6 Å². The highest BCUT2D eigenvalue weighted by atomic mass is 32.2. The van der Waals surface area contributed by atoms with Gasteiger partial charge in [-0.2, -0.15) is 0 Å². The third-order valence-electron chi connectivity index (χ3n) is 4.74. The molecule has 0 aliphatic rings. The zero-order chi connectivity index (χ0) is 22.4. The summed E-state index contributed by atoms with van der Waals surface area (Å²) in [5, 5.41) is 2.59. The highest BCUT2D eigenvalue weighted by molar-refractivity contribution is 7.89. The van der Waals surface area contributed by atoms with Crippen molar-refractivity contribution in [1.29, 1.82) is 0 Å². The smallest absolute Gasteiger partial charge is 0.258 e. The average molecular weight is 443 g/mol. The number of sulfonamides is 1. The first-order valence-corrected chi connectivity index (χ1v) is 11.1. The van der Waals surface area contributed by atoms with Gasteiger partial charge in [-0.25, -0.2) is 17.5 Å². The Morgan fingerprint density at radius 1 is 0.968 bits per heavy atom. The van der Waals surface area contributed by atoms with Crippen molar-refractivity contribution in [2.45, 2.75) is 24.8 Å². The molecule has 0 bridgehead atoms. The van der Waals surface area contributed by atoms with Crippen molar-refractivity contribution in [2.75, 3.05) is 12.4 Å². The number of hydrogen-bond donors (Lipinski definition) is 2. The molecule has 0 aromatic heterocycles. The van der Waals surface area contributed by atoms with Crippen LogP contribution >= 0.6 is 0 Å². The maximum Gasteiger partial charge on any atom is 0.258 e. The Labute approximate surface area is 181 Å². The molecule has 0 aliphatic heterocycles. The molecule has 8 heteroatoms. The maximum atomic E-state index is 14.3. The fraction of sp³-hybridized carbons (Fsp3) is 0.174. The van der Waals surface area contributed by atoms with Crippen molar-refractivity contribution in [3.8, 4) is 5.75 Å². The molecule has 31 heavy (non-hydrogen) atoms. The van der Waals surface area contributed by atoms with Crippen LogP contribution in [0.2, 0.25) is 0 Å². The summed E-state index contributed by atoms with van der Waals surface area (Å²) in [6.07, 6.45) is 0.853. The van der Waals surface area contributed by atoms with Gasteiger partial charge in [0, 0.05) is 12.2 Å². The van der Waals surface area contributed by atoms with E-state index in [2.05, 4.69) is 10.0 Å². The van der Waals surface area contributed by atoms with Crippen LogP contribution in [-0.4, -0.2) is 21.4 Å². The van der Waals surface area contributed by atoms with Gasteiger partial charge in [0.25, 0.3) is 5.91 Å². The number of hydrogen-bond acceptors (Lipinski definition) is 4. The topological polar surface area (TPSA) is 84.5 Å². The molecule has 0 aliphatic carbocycles. The zero-order valence-corrected chi connectivity index (χ0v) is 18.0. The molecule has 0 atom stereocenters. The number of aryl methyl sites for hydroxylation is 1. The molecule has 0 unspecified atom stereocenters. The summed E-state index contributed by atoms with van der Waals surface area (Å²) >= 11 is 0. The van der Waals surface area contributed by atoms with Crippen LogP contribution in [0.3, 0.4) is 0 Å². The molecule has 0 saturated heterocycles. The SMILES string of the molecule is CCc1ccc(NC(=O)c2cc(S(=O)(=O)NCc3ccc(OC)cc3)ccc2F)cc1. The number of rotatable bonds is 8. The number of carbonyl (C=O) groups is 1. The van der Waals surface area contributed by atoms with Crippen molar-refractivity contribution in [2.24, 2.45) is 0 Å². The van der Waals surface area contributed by atoms with Gasteiger partial charge in [-0.1, -0.05) is 31.2 Å². The molecule has 0 saturated carbocycles. The Morgan fingerprint density at radius 3 is 2.23 bits per heavy atom. The number of benzene rings is 3. The highest BCUT2D eigenvalue weighted by Gasteiger charge is 2.19. The number of amides is 1. The van der Waals surface area contributed by atoms with Crippen LogP contribution in [0, 0.1) is 5.82 Å². The van der Waals surface area contributed by atoms with Crippen LogP contribution in [0.1, 0.15) is 28.4 Å². The number of halogens is 1. The van der Waals surface area contributed by atoms with E-state index >= 15 is 0 Å². The predicted octanol–water partition coefficient (Wildman–Crippen LogP) is 4.13. The van der Waals surface area contributed by atoms with Crippen LogP contribution in [0.5, 0.6) is 5.75 Å². The lowest BCUT2D eigenvalue weighted by Crippen LogP contribution is -2.24. The molecule has 2 N–H and O–H groups in total. The highest BCUT2D eigenvalue weighted by Crippen LogP contribution is 2.19. The van der Waals surface area contributed by atoms with Crippen LogP contribution in [0.25, 0.3) is 0 Å². The van der Waals surface area contributed by atoms with E-state index in [1.165, 1.54) is 0 Å². The molecular weight excluding hydrogens is 419 g/mol. The van der Waals surface area contributed by atoms with Crippen LogP contribution in [0.15, 0.2) is 71.6 Å². The molecule has 0 radical (unpaired) electrons. The van der Waals surface area contributed by atoms with Gasteiger partial charge in [-0.15, -0.1) is 0 Å². The first-order valence-electron chi connectivity index (χ1n) is 9.65. The lowest BCUT2D eigenvalue weighted by Gasteiger charge is -2.11. The Kier molecular flexibility index (Phi) is 7.04. The lowest BCUT2D eigenvalue weighted by molar-refractivity contribution is 0.102. The summed E-state index contributed by atoms with van der Waals surface area (Å²) in [7, 11) is -2.41. The van der Waals surface area contributed by atoms with Crippen molar-refractivity contribution < 1.29 is 22.3 Å². The largest absolute Gasteiger partial charge is 0.497 e. The van der Waals surface area contributed by atoms with Crippen LogP contribution in [-0.2, 0) is 23.0 Å². The fourth-order valence-corrected chi connectivity index (χ4v) is 3.92. The third-order valence-corrected chi connectivity index (χ3v) is 6.14. The Hall–Kier alpha value is -3.23. The van der Waals surface area contributed by atoms with Crippen molar-refractivity contribution in [3.63, 3.8) is 0 Å². The van der Waals surface area contributed by atoms with E-state index in [1.54, 1.807) is 43.5 Å². The second kappa shape index (κ2) is 9.72. The summed E-state index contributed by atoms with van der Waals surface area (Å²) in [4.78, 5) is 12.3. The van der Waals surface area contributed by atoms with Crippen molar-refractivity contribution in [3.05, 3.63) is 89.2 Å². The number of methoxy groups -OCH3 is 1. The summed E-state index contributed by atoms with van der Waals surface area (Å²) in [5.41, 5.74) is 1.96. The maximum absolute atomic E-state index is 14.3. The number of anilines is 1. The lowest BCUT2D eigenvalue weighted by atomic mass is 10.1. The fourth-order valence-electron chi connectivity index (χ4n) is 2.87. The molecule has 3 aromatic rings. The monoisotopic (exact) mass is 442 g/mol. The Bertz CT molecular complexity index is 1160. The van der Waals surface area contributed by atoms with Gasteiger partial charge in [0.15, 0.2) is 0 Å². The molecule has 0 heterocycles. The number of ether oxygens (including phenoxy) is 1. The molecule has 3 aromatic carbocycles. The van der Waals surface area contributed by atoms with Crippen molar-refractivity contribution in [1.82, 2.24) is 4.72 Å². The molecule has 162 valence electrons. The standard InChI is InChI=1S/C23H23FN2O4S/c1-3-16-4-8-18(9-5-16)26-23(27)21-14-20(12-13-22(21)24)31(28,29)25-15-17-6-10-19(30-2)11-7-17/h4-14,25H,3,15H2,1-2H3,(H,26,27). The molecule has 1 amide bonds. The summed E-state index contributed by atoms with van der Waals surface area (Å²) in [6, 6.07) is 17.2. The molecule has 0 fully saturated rings. The van der Waals surface area contributed by atoms with Gasteiger partial charge in [0.1, 0.15) is 11.6 Å². The first kappa shape index (κ1) is 22.5. The second-order valence-corrected chi connectivity index (χ2v) is 8.59. The van der Waals surface area contributed by atoms with E-state index in [-0.39, 0.29) is 17.0 Å². The molecule has 6 nitrogen and oxygen atoms in total. The average Bonchev–Trinajstić information content (AvgIpc) is 2.78. The number of carbonyl (C=O) groups excluding carboxylic acids is 1. The first-order chi connectivity index (χ1) is 14.8. The van der Waals surface area contributed by atoms with E-state index < -0.39 is 21.7 Å². The summed E-state index contributed by atoms with van der Waals surface area (Å²) in [5.74, 6) is -0.879. The van der Waals surface area contributed by atoms with Gasteiger partial charge >= 0.3 is 0 Å². The Balaban J connectivity index is 1.75. The van der Waals surface area contributed by atoms with Gasteiger partial charge in [-0.05, 0) is 60.0 Å². The van der Waals surface area contributed by atoms with Gasteiger partial charge in [-0.3, -0.25) is 4.79 Å². The molecule has 3 rings (SSSR count). The normalized spacial score (nSPS) is 11.2. The van der Waals surface area contributed by atoms with E-state index in [0.717, 1.165) is 35.7 Å². The van der Waals surface area contributed by atoms with Crippen LogP contribution in [0.4, 0.5) is 10.1 Å².